The summed E-state index contributed by atoms with van der Waals surface area (Å²) in [6.07, 6.45) is 1.69. The van der Waals surface area contributed by atoms with Gasteiger partial charge < -0.3 is 4.90 Å². The molecule has 0 unspecified atom stereocenters. The molecule has 0 atom stereocenters. The monoisotopic (exact) mass is 366 g/mol. The van der Waals surface area contributed by atoms with Gasteiger partial charge in [0, 0.05) is 37.5 Å². The number of thiazole rings is 1. The van der Waals surface area contributed by atoms with Gasteiger partial charge in [0.2, 0.25) is 0 Å². The SMILES string of the molecule is CN(C)c1ccc([N+](=O)[O-])cc1/C=c1/sc2nc3ccccc3n2c1=O. The molecule has 0 N–H and O–H groups in total. The second kappa shape index (κ2) is 5.92. The van der Waals surface area contributed by atoms with Crippen molar-refractivity contribution in [2.45, 2.75) is 0 Å². The first-order chi connectivity index (χ1) is 12.5. The summed E-state index contributed by atoms with van der Waals surface area (Å²) in [4.78, 5) is 30.5. The summed E-state index contributed by atoms with van der Waals surface area (Å²) in [5.41, 5.74) is 2.76. The Kier molecular flexibility index (Phi) is 3.69. The Bertz CT molecular complexity index is 1270. The Hall–Kier alpha value is -3.26. The van der Waals surface area contributed by atoms with E-state index in [0.717, 1.165) is 16.7 Å². The Labute approximate surface area is 151 Å². The highest BCUT2D eigenvalue weighted by molar-refractivity contribution is 7.15. The fraction of sp³-hybridized carbons (Fsp3) is 0.111. The minimum Gasteiger partial charge on any atom is -0.377 e. The number of imidazole rings is 1. The van der Waals surface area contributed by atoms with Crippen LogP contribution < -0.4 is 15.0 Å². The van der Waals surface area contributed by atoms with Crippen molar-refractivity contribution in [3.05, 3.63) is 73.0 Å². The lowest BCUT2D eigenvalue weighted by Crippen LogP contribution is -2.23. The first-order valence-corrected chi connectivity index (χ1v) is 8.65. The minimum atomic E-state index is -0.441. The number of nitrogens with zero attached hydrogens (tertiary/aromatic N) is 4. The standard InChI is InChI=1S/C18H14N4O3S/c1-20(2)14-8-7-12(22(24)25)9-11(14)10-16-17(23)21-15-6-4-3-5-13(15)19-18(21)26-16/h3-10H,1-2H3/b16-10+. The predicted octanol–water partition coefficient (Wildman–Crippen LogP) is 2.43. The molecule has 130 valence electrons. The van der Waals surface area contributed by atoms with Crippen LogP contribution in [0.25, 0.3) is 22.1 Å². The van der Waals surface area contributed by atoms with Crippen molar-refractivity contribution in [1.82, 2.24) is 9.38 Å². The molecule has 2 aromatic carbocycles. The third-order valence-corrected chi connectivity index (χ3v) is 5.10. The van der Waals surface area contributed by atoms with E-state index in [1.54, 1.807) is 16.5 Å². The highest BCUT2D eigenvalue weighted by Gasteiger charge is 2.14. The van der Waals surface area contributed by atoms with Crippen LogP contribution in [0.15, 0.2) is 47.3 Å². The Morgan fingerprint density at radius 3 is 2.73 bits per heavy atom. The average Bonchev–Trinajstić information content (AvgIpc) is 3.11. The van der Waals surface area contributed by atoms with Crippen LogP contribution in [-0.4, -0.2) is 28.4 Å². The molecule has 2 heterocycles. The number of non-ortho nitro benzene ring substituents is 1. The molecule has 8 heteroatoms. The Balaban J connectivity index is 1.99. The van der Waals surface area contributed by atoms with E-state index in [1.165, 1.54) is 23.5 Å². The number of hydrogen-bond acceptors (Lipinski definition) is 6. The van der Waals surface area contributed by atoms with Crippen LogP contribution in [0.4, 0.5) is 11.4 Å². The molecule has 4 aromatic rings. The van der Waals surface area contributed by atoms with E-state index in [2.05, 4.69) is 4.98 Å². The molecule has 0 spiro atoms. The van der Waals surface area contributed by atoms with Crippen molar-refractivity contribution in [2.75, 3.05) is 19.0 Å². The minimum absolute atomic E-state index is 0.0129. The van der Waals surface area contributed by atoms with E-state index in [4.69, 9.17) is 0 Å². The van der Waals surface area contributed by atoms with Gasteiger partial charge in [-0.1, -0.05) is 23.5 Å². The fourth-order valence-electron chi connectivity index (χ4n) is 2.93. The van der Waals surface area contributed by atoms with Crippen LogP contribution in [0.2, 0.25) is 0 Å². The number of hydrogen-bond donors (Lipinski definition) is 0. The summed E-state index contributed by atoms with van der Waals surface area (Å²) < 4.78 is 2.07. The van der Waals surface area contributed by atoms with E-state index in [9.17, 15) is 14.9 Å². The summed E-state index contributed by atoms with van der Waals surface area (Å²) >= 11 is 1.27. The number of aromatic nitrogens is 2. The van der Waals surface area contributed by atoms with Crippen LogP contribution in [0.3, 0.4) is 0 Å². The van der Waals surface area contributed by atoms with Crippen LogP contribution in [0.1, 0.15) is 5.56 Å². The van der Waals surface area contributed by atoms with Crippen molar-refractivity contribution in [1.29, 1.82) is 0 Å². The van der Waals surface area contributed by atoms with E-state index in [0.29, 0.717) is 15.1 Å². The molecule has 0 saturated carbocycles. The molecule has 4 rings (SSSR count). The fourth-order valence-corrected chi connectivity index (χ4v) is 3.91. The maximum Gasteiger partial charge on any atom is 0.274 e. The molecule has 0 bridgehead atoms. The molecule has 0 fully saturated rings. The third kappa shape index (κ3) is 2.51. The second-order valence-corrected chi connectivity index (χ2v) is 7.04. The Morgan fingerprint density at radius 2 is 2.00 bits per heavy atom. The number of nitro benzene ring substituents is 1. The normalized spacial score (nSPS) is 12.2. The molecule has 0 amide bonds. The molecule has 26 heavy (non-hydrogen) atoms. The van der Waals surface area contributed by atoms with Gasteiger partial charge in [-0.15, -0.1) is 0 Å². The summed E-state index contributed by atoms with van der Waals surface area (Å²) in [5.74, 6) is 0. The maximum absolute atomic E-state index is 12.9. The highest BCUT2D eigenvalue weighted by Crippen LogP contribution is 2.25. The number of benzene rings is 2. The summed E-state index contributed by atoms with van der Waals surface area (Å²) in [6.45, 7) is 0. The van der Waals surface area contributed by atoms with Crippen LogP contribution in [0.5, 0.6) is 0 Å². The molecule has 0 saturated heterocycles. The van der Waals surface area contributed by atoms with Gasteiger partial charge in [0.25, 0.3) is 11.2 Å². The van der Waals surface area contributed by atoms with Crippen molar-refractivity contribution >= 4 is 44.8 Å². The molecule has 0 aliphatic rings. The zero-order chi connectivity index (χ0) is 18.4. The smallest absolute Gasteiger partial charge is 0.274 e. The van der Waals surface area contributed by atoms with Crippen LogP contribution in [-0.2, 0) is 0 Å². The average molecular weight is 366 g/mol. The zero-order valence-corrected chi connectivity index (χ0v) is 14.9. The van der Waals surface area contributed by atoms with Gasteiger partial charge in [-0.3, -0.25) is 14.9 Å². The van der Waals surface area contributed by atoms with Gasteiger partial charge >= 0.3 is 0 Å². The van der Waals surface area contributed by atoms with Crippen molar-refractivity contribution in [3.8, 4) is 0 Å². The third-order valence-electron chi connectivity index (χ3n) is 4.14. The summed E-state index contributed by atoms with van der Waals surface area (Å²) in [5, 5.41) is 11.1. The largest absolute Gasteiger partial charge is 0.377 e. The van der Waals surface area contributed by atoms with Gasteiger partial charge in [-0.2, -0.15) is 0 Å². The number of para-hydroxylation sites is 2. The Morgan fingerprint density at radius 1 is 1.23 bits per heavy atom. The lowest BCUT2D eigenvalue weighted by atomic mass is 10.1. The lowest BCUT2D eigenvalue weighted by Gasteiger charge is -2.15. The molecular formula is C18H14N4O3S. The topological polar surface area (TPSA) is 80.8 Å². The quantitative estimate of drug-likeness (QED) is 0.411. The molecule has 2 aromatic heterocycles. The molecule has 7 nitrogen and oxygen atoms in total. The summed E-state index contributed by atoms with van der Waals surface area (Å²) in [7, 11) is 3.71. The maximum atomic E-state index is 12.9. The molecule has 0 radical (unpaired) electrons. The van der Waals surface area contributed by atoms with Gasteiger partial charge in [0.05, 0.1) is 20.5 Å². The van der Waals surface area contributed by atoms with Crippen molar-refractivity contribution < 1.29 is 4.92 Å². The first kappa shape index (κ1) is 16.2. The van der Waals surface area contributed by atoms with E-state index < -0.39 is 4.92 Å². The zero-order valence-electron chi connectivity index (χ0n) is 14.0. The van der Waals surface area contributed by atoms with Crippen molar-refractivity contribution in [2.24, 2.45) is 0 Å². The van der Waals surface area contributed by atoms with E-state index in [1.807, 2.05) is 43.3 Å². The van der Waals surface area contributed by atoms with E-state index in [-0.39, 0.29) is 11.2 Å². The second-order valence-electron chi connectivity index (χ2n) is 6.03. The van der Waals surface area contributed by atoms with Crippen LogP contribution in [0, 0.1) is 10.1 Å². The van der Waals surface area contributed by atoms with E-state index >= 15 is 0 Å². The van der Waals surface area contributed by atoms with Crippen molar-refractivity contribution in [3.63, 3.8) is 0 Å². The van der Waals surface area contributed by atoms with Crippen LogP contribution >= 0.6 is 11.3 Å². The number of nitro groups is 1. The predicted molar refractivity (Wildman–Crippen MR) is 103 cm³/mol. The van der Waals surface area contributed by atoms with Gasteiger partial charge in [0.1, 0.15) is 0 Å². The lowest BCUT2D eigenvalue weighted by molar-refractivity contribution is -0.384. The number of fused-ring (bicyclic) bond motifs is 3. The van der Waals surface area contributed by atoms with Gasteiger partial charge in [-0.05, 0) is 24.3 Å². The van der Waals surface area contributed by atoms with Gasteiger partial charge in [0.15, 0.2) is 4.96 Å². The molecular weight excluding hydrogens is 352 g/mol. The number of anilines is 1. The molecule has 0 aliphatic heterocycles. The highest BCUT2D eigenvalue weighted by atomic mass is 32.1. The summed E-state index contributed by atoms with van der Waals surface area (Å²) in [6, 6.07) is 12.1. The first-order valence-electron chi connectivity index (χ1n) is 7.83. The molecule has 0 aliphatic carbocycles. The van der Waals surface area contributed by atoms with Gasteiger partial charge in [-0.25, -0.2) is 9.38 Å². The number of rotatable bonds is 3.